The van der Waals surface area contributed by atoms with Crippen molar-refractivity contribution < 1.29 is 23.8 Å². The molecule has 1 aromatic heterocycles. The second kappa shape index (κ2) is 9.91. The van der Waals surface area contributed by atoms with Crippen LogP contribution in [0.4, 0.5) is 0 Å². The quantitative estimate of drug-likeness (QED) is 0.629. The molecule has 0 saturated heterocycles. The van der Waals surface area contributed by atoms with Gasteiger partial charge in [0.2, 0.25) is 5.43 Å². The van der Waals surface area contributed by atoms with Crippen molar-refractivity contribution in [1.29, 1.82) is 0 Å². The molecule has 0 atom stereocenters. The number of hydrogen-bond acceptors (Lipinski definition) is 6. The number of carbonyl (C=O) groups excluding carboxylic acids is 2. The molecular formula is C22H27NO6. The monoisotopic (exact) mass is 401 g/mol. The number of esters is 2. The van der Waals surface area contributed by atoms with E-state index in [1.165, 1.54) is 0 Å². The number of rotatable bonds is 8. The van der Waals surface area contributed by atoms with Crippen molar-refractivity contribution in [1.82, 2.24) is 4.57 Å². The van der Waals surface area contributed by atoms with E-state index in [1.54, 1.807) is 56.5 Å². The molecule has 1 heterocycles. The molecule has 0 N–H and O–H groups in total. The molecular weight excluding hydrogens is 374 g/mol. The van der Waals surface area contributed by atoms with Gasteiger partial charge in [-0.3, -0.25) is 4.79 Å². The van der Waals surface area contributed by atoms with Gasteiger partial charge >= 0.3 is 11.9 Å². The van der Waals surface area contributed by atoms with Crippen molar-refractivity contribution in [2.75, 3.05) is 19.8 Å². The molecule has 0 aliphatic heterocycles. The van der Waals surface area contributed by atoms with Crippen LogP contribution in [-0.2, 0) is 9.47 Å². The Morgan fingerprint density at radius 2 is 1.34 bits per heavy atom. The van der Waals surface area contributed by atoms with Crippen molar-refractivity contribution in [3.63, 3.8) is 0 Å². The minimum atomic E-state index is -0.766. The van der Waals surface area contributed by atoms with Crippen LogP contribution in [0, 0.1) is 13.8 Å². The highest BCUT2D eigenvalue weighted by molar-refractivity contribution is 5.96. The Kier molecular flexibility index (Phi) is 7.59. The highest BCUT2D eigenvalue weighted by Gasteiger charge is 2.27. The zero-order valence-electron chi connectivity index (χ0n) is 17.5. The van der Waals surface area contributed by atoms with E-state index in [-0.39, 0.29) is 24.3 Å². The maximum absolute atomic E-state index is 13.0. The normalized spacial score (nSPS) is 10.5. The number of ether oxygens (including phenoxy) is 3. The molecule has 156 valence electrons. The first-order valence-corrected chi connectivity index (χ1v) is 9.70. The first kappa shape index (κ1) is 22.2. The van der Waals surface area contributed by atoms with E-state index in [0.717, 1.165) is 6.42 Å². The second-order valence-corrected chi connectivity index (χ2v) is 6.37. The Labute approximate surface area is 170 Å². The van der Waals surface area contributed by atoms with Crippen LogP contribution >= 0.6 is 0 Å². The molecule has 2 rings (SSSR count). The molecule has 1 aromatic carbocycles. The SMILES string of the molecule is CCCOc1ccc(-n2c(C)c(C(=O)OCC)c(=O)c(C(=O)OCC)c2C)cc1. The third kappa shape index (κ3) is 4.67. The Bertz CT molecular complexity index is 895. The summed E-state index contributed by atoms with van der Waals surface area (Å²) in [6.45, 7) is 9.47. The molecule has 0 aliphatic rings. The van der Waals surface area contributed by atoms with E-state index < -0.39 is 17.4 Å². The molecule has 0 fully saturated rings. The summed E-state index contributed by atoms with van der Waals surface area (Å²) in [4.78, 5) is 37.9. The highest BCUT2D eigenvalue weighted by atomic mass is 16.5. The number of aromatic nitrogens is 1. The summed E-state index contributed by atoms with van der Waals surface area (Å²) in [6.07, 6.45) is 0.894. The molecule has 0 amide bonds. The van der Waals surface area contributed by atoms with Gasteiger partial charge < -0.3 is 18.8 Å². The van der Waals surface area contributed by atoms with Crippen LogP contribution in [-0.4, -0.2) is 36.3 Å². The Morgan fingerprint density at radius 1 is 0.862 bits per heavy atom. The van der Waals surface area contributed by atoms with Gasteiger partial charge in [0.25, 0.3) is 0 Å². The van der Waals surface area contributed by atoms with Crippen LogP contribution in [0.5, 0.6) is 5.75 Å². The van der Waals surface area contributed by atoms with Gasteiger partial charge in [0, 0.05) is 17.1 Å². The molecule has 0 aliphatic carbocycles. The van der Waals surface area contributed by atoms with E-state index in [4.69, 9.17) is 14.2 Å². The van der Waals surface area contributed by atoms with Gasteiger partial charge in [-0.25, -0.2) is 9.59 Å². The number of nitrogens with zero attached hydrogens (tertiary/aromatic N) is 1. The lowest BCUT2D eigenvalue weighted by atomic mass is 10.0. The minimum absolute atomic E-state index is 0.115. The summed E-state index contributed by atoms with van der Waals surface area (Å²) in [5.41, 5.74) is 0.428. The van der Waals surface area contributed by atoms with Gasteiger partial charge in [0.1, 0.15) is 16.9 Å². The second-order valence-electron chi connectivity index (χ2n) is 6.37. The average Bonchev–Trinajstić information content (AvgIpc) is 2.67. The third-order valence-corrected chi connectivity index (χ3v) is 4.38. The summed E-state index contributed by atoms with van der Waals surface area (Å²) in [5, 5.41) is 0. The van der Waals surface area contributed by atoms with Crippen LogP contribution in [0.25, 0.3) is 5.69 Å². The van der Waals surface area contributed by atoms with E-state index >= 15 is 0 Å². The third-order valence-electron chi connectivity index (χ3n) is 4.38. The lowest BCUT2D eigenvalue weighted by Gasteiger charge is -2.20. The van der Waals surface area contributed by atoms with Gasteiger partial charge in [-0.2, -0.15) is 0 Å². The van der Waals surface area contributed by atoms with Gasteiger partial charge in [-0.05, 0) is 58.4 Å². The first-order valence-electron chi connectivity index (χ1n) is 9.70. The smallest absolute Gasteiger partial charge is 0.343 e. The number of carbonyl (C=O) groups is 2. The van der Waals surface area contributed by atoms with Gasteiger partial charge in [-0.15, -0.1) is 0 Å². The summed E-state index contributed by atoms with van der Waals surface area (Å²) < 4.78 is 17.4. The Hall–Kier alpha value is -3.09. The molecule has 7 heteroatoms. The minimum Gasteiger partial charge on any atom is -0.494 e. The average molecular weight is 401 g/mol. The predicted molar refractivity (Wildman–Crippen MR) is 109 cm³/mol. The fourth-order valence-electron chi connectivity index (χ4n) is 3.11. The van der Waals surface area contributed by atoms with Crippen LogP contribution in [0.2, 0.25) is 0 Å². The van der Waals surface area contributed by atoms with Crippen LogP contribution < -0.4 is 10.2 Å². The van der Waals surface area contributed by atoms with Gasteiger partial charge in [0.15, 0.2) is 0 Å². The number of pyridine rings is 1. The lowest BCUT2D eigenvalue weighted by molar-refractivity contribution is 0.0519. The topological polar surface area (TPSA) is 83.8 Å². The van der Waals surface area contributed by atoms with Crippen molar-refractivity contribution in [3.05, 3.63) is 57.0 Å². The van der Waals surface area contributed by atoms with Crippen molar-refractivity contribution in [2.45, 2.75) is 41.0 Å². The summed E-state index contributed by atoms with van der Waals surface area (Å²) >= 11 is 0. The molecule has 0 spiro atoms. The molecule has 0 unspecified atom stereocenters. The summed E-state index contributed by atoms with van der Waals surface area (Å²) in [7, 11) is 0. The first-order chi connectivity index (χ1) is 13.9. The highest BCUT2D eigenvalue weighted by Crippen LogP contribution is 2.22. The molecule has 7 nitrogen and oxygen atoms in total. The Balaban J connectivity index is 2.71. The molecule has 29 heavy (non-hydrogen) atoms. The molecule has 0 bridgehead atoms. The maximum atomic E-state index is 13.0. The van der Waals surface area contributed by atoms with Crippen molar-refractivity contribution in [2.24, 2.45) is 0 Å². The van der Waals surface area contributed by atoms with Crippen LogP contribution in [0.3, 0.4) is 0 Å². The van der Waals surface area contributed by atoms with E-state index in [2.05, 4.69) is 0 Å². The lowest BCUT2D eigenvalue weighted by Crippen LogP contribution is -2.31. The zero-order valence-corrected chi connectivity index (χ0v) is 17.5. The van der Waals surface area contributed by atoms with Gasteiger partial charge in [-0.1, -0.05) is 6.92 Å². The maximum Gasteiger partial charge on any atom is 0.343 e. The van der Waals surface area contributed by atoms with Crippen molar-refractivity contribution >= 4 is 11.9 Å². The standard InChI is InChI=1S/C22H27NO6/c1-6-13-29-17-11-9-16(10-12-17)23-14(4)18(21(25)27-7-2)20(24)19(15(23)5)22(26)28-8-3/h9-12H,6-8,13H2,1-5H3. The van der Waals surface area contributed by atoms with Crippen LogP contribution in [0.15, 0.2) is 29.1 Å². The molecule has 2 aromatic rings. The zero-order chi connectivity index (χ0) is 21.6. The Morgan fingerprint density at radius 3 is 1.76 bits per heavy atom. The fraction of sp³-hybridized carbons (Fsp3) is 0.409. The summed E-state index contributed by atoms with van der Waals surface area (Å²) in [6, 6.07) is 7.21. The van der Waals surface area contributed by atoms with E-state index in [1.807, 2.05) is 6.92 Å². The van der Waals surface area contributed by atoms with Crippen molar-refractivity contribution in [3.8, 4) is 11.4 Å². The fourth-order valence-corrected chi connectivity index (χ4v) is 3.11. The number of hydrogen-bond donors (Lipinski definition) is 0. The van der Waals surface area contributed by atoms with E-state index in [0.29, 0.717) is 29.4 Å². The summed E-state index contributed by atoms with van der Waals surface area (Å²) in [5.74, 6) is -0.822. The number of benzene rings is 1. The molecule has 0 saturated carbocycles. The molecule has 0 radical (unpaired) electrons. The van der Waals surface area contributed by atoms with Gasteiger partial charge in [0.05, 0.1) is 19.8 Å². The van der Waals surface area contributed by atoms with E-state index in [9.17, 15) is 14.4 Å². The van der Waals surface area contributed by atoms with Crippen LogP contribution in [0.1, 0.15) is 59.3 Å². The predicted octanol–water partition coefficient (Wildman–Crippen LogP) is 3.60. The largest absolute Gasteiger partial charge is 0.494 e.